The molecule has 150 valence electrons. The summed E-state index contributed by atoms with van der Waals surface area (Å²) < 4.78 is 11.6. The molecule has 4 aromatic carbocycles. The van der Waals surface area contributed by atoms with Gasteiger partial charge in [0.15, 0.2) is 0 Å². The van der Waals surface area contributed by atoms with E-state index < -0.39 is 0 Å². The van der Waals surface area contributed by atoms with Gasteiger partial charge in [-0.1, -0.05) is 23.7 Å². The molecule has 0 aliphatic rings. The number of methoxy groups -OCH3 is 2. The highest BCUT2D eigenvalue weighted by molar-refractivity contribution is 6.14. The van der Waals surface area contributed by atoms with Gasteiger partial charge in [-0.15, -0.1) is 25.7 Å². The van der Waals surface area contributed by atoms with Crippen LogP contribution in [-0.2, 0) is 0 Å². The minimum Gasteiger partial charge on any atom is -0.496 e. The smallest absolute Gasteiger partial charge is 0.127 e. The minimum absolute atomic E-state index is 0.614. The van der Waals surface area contributed by atoms with Crippen LogP contribution in [0.25, 0.3) is 32.7 Å². The Morgan fingerprint density at radius 2 is 0.844 bits per heavy atom. The van der Waals surface area contributed by atoms with E-state index in [4.69, 9.17) is 35.2 Å². The molecule has 0 fully saturated rings. The van der Waals surface area contributed by atoms with Crippen molar-refractivity contribution >= 4 is 21.5 Å². The van der Waals surface area contributed by atoms with Gasteiger partial charge in [0.1, 0.15) is 11.5 Å². The molecule has 0 unspecified atom stereocenters. The molecular formula is C30H18O2. The molecule has 32 heavy (non-hydrogen) atoms. The van der Waals surface area contributed by atoms with Crippen LogP contribution >= 0.6 is 0 Å². The van der Waals surface area contributed by atoms with Crippen molar-refractivity contribution in [1.29, 1.82) is 0 Å². The van der Waals surface area contributed by atoms with Crippen LogP contribution in [0.15, 0.2) is 48.5 Å². The molecule has 2 heteroatoms. The average Bonchev–Trinajstić information content (AvgIpc) is 2.85. The number of ether oxygens (including phenoxy) is 2. The van der Waals surface area contributed by atoms with Crippen molar-refractivity contribution in [3.63, 3.8) is 0 Å². The largest absolute Gasteiger partial charge is 0.496 e. The van der Waals surface area contributed by atoms with Gasteiger partial charge in [-0.2, -0.15) is 0 Å². The molecule has 0 saturated carbocycles. The first kappa shape index (κ1) is 20.5. The summed E-state index contributed by atoms with van der Waals surface area (Å²) in [5.41, 5.74) is 4.32. The number of hydrogen-bond acceptors (Lipinski definition) is 2. The van der Waals surface area contributed by atoms with Gasteiger partial charge in [-0.3, -0.25) is 0 Å². The molecule has 0 spiro atoms. The van der Waals surface area contributed by atoms with Crippen LogP contribution < -0.4 is 9.47 Å². The molecule has 2 nitrogen and oxygen atoms in total. The van der Waals surface area contributed by atoms with Crippen molar-refractivity contribution in [3.05, 3.63) is 70.8 Å². The Labute approximate surface area is 188 Å². The van der Waals surface area contributed by atoms with E-state index in [9.17, 15) is 0 Å². The lowest BCUT2D eigenvalue weighted by Crippen LogP contribution is -1.98. The highest BCUT2D eigenvalue weighted by atomic mass is 16.5. The van der Waals surface area contributed by atoms with Crippen molar-refractivity contribution in [3.8, 4) is 72.0 Å². The molecule has 0 saturated heterocycles. The second kappa shape index (κ2) is 8.17. The average molecular weight is 410 g/mol. The Morgan fingerprint density at radius 3 is 1.16 bits per heavy atom. The van der Waals surface area contributed by atoms with Crippen LogP contribution in [0.3, 0.4) is 0 Å². The zero-order valence-corrected chi connectivity index (χ0v) is 17.7. The molecule has 0 N–H and O–H groups in total. The van der Waals surface area contributed by atoms with Gasteiger partial charge in [0.25, 0.3) is 0 Å². The molecule has 0 aliphatic heterocycles. The molecule has 0 aromatic heterocycles. The second-order valence-electron chi connectivity index (χ2n) is 7.03. The van der Waals surface area contributed by atoms with Crippen molar-refractivity contribution in [2.45, 2.75) is 0 Å². The van der Waals surface area contributed by atoms with Crippen LogP contribution in [0.4, 0.5) is 0 Å². The van der Waals surface area contributed by atoms with Crippen molar-refractivity contribution in [1.82, 2.24) is 0 Å². The number of rotatable bonds is 3. The zero-order chi connectivity index (χ0) is 22.8. The van der Waals surface area contributed by atoms with Crippen LogP contribution in [0.2, 0.25) is 0 Å². The molecule has 4 aromatic rings. The first-order valence-electron chi connectivity index (χ1n) is 9.77. The van der Waals surface area contributed by atoms with E-state index in [1.54, 1.807) is 14.2 Å². The highest BCUT2D eigenvalue weighted by Gasteiger charge is 2.23. The van der Waals surface area contributed by atoms with Gasteiger partial charge < -0.3 is 9.47 Å². The zero-order valence-electron chi connectivity index (χ0n) is 17.7. The van der Waals surface area contributed by atoms with Gasteiger partial charge in [-0.25, -0.2) is 0 Å². The Balaban J connectivity index is 2.38. The first-order chi connectivity index (χ1) is 15.6. The molecular weight excluding hydrogens is 392 g/mol. The molecule has 0 bridgehead atoms. The summed E-state index contributed by atoms with van der Waals surface area (Å²) in [6.07, 6.45) is 23.4. The fourth-order valence-corrected chi connectivity index (χ4v) is 4.18. The predicted octanol–water partition coefficient (Wildman–Crippen LogP) is 5.60. The molecule has 0 heterocycles. The summed E-state index contributed by atoms with van der Waals surface area (Å²) in [7, 11) is 3.22. The van der Waals surface area contributed by atoms with E-state index in [2.05, 4.69) is 23.7 Å². The van der Waals surface area contributed by atoms with E-state index >= 15 is 0 Å². The van der Waals surface area contributed by atoms with Crippen LogP contribution in [-0.4, -0.2) is 14.2 Å². The van der Waals surface area contributed by atoms with E-state index in [1.807, 2.05) is 48.5 Å². The topological polar surface area (TPSA) is 18.5 Å². The standard InChI is InChI=1S/C30H18O2/c1-7-19-11-13-21(9-3)27-23(19)15-17-25(31-5)29(27)30-26(32-6)18-16-24-20(8-2)12-14-22(10-4)28(24)30/h1-4,11-18H,5-6H3. The van der Waals surface area contributed by atoms with Gasteiger partial charge >= 0.3 is 0 Å². The third-order valence-corrected chi connectivity index (χ3v) is 5.60. The monoisotopic (exact) mass is 410 g/mol. The van der Waals surface area contributed by atoms with Gasteiger partial charge in [0, 0.05) is 44.2 Å². The predicted molar refractivity (Wildman–Crippen MR) is 132 cm³/mol. The molecule has 0 aliphatic carbocycles. The van der Waals surface area contributed by atoms with Crippen molar-refractivity contribution < 1.29 is 9.47 Å². The molecule has 0 radical (unpaired) electrons. The maximum Gasteiger partial charge on any atom is 0.127 e. The van der Waals surface area contributed by atoms with E-state index in [0.29, 0.717) is 22.6 Å². The highest BCUT2D eigenvalue weighted by Crippen LogP contribution is 2.47. The third kappa shape index (κ3) is 2.92. The maximum absolute atomic E-state index is 5.90. The number of benzene rings is 4. The Hall–Kier alpha value is -4.76. The summed E-state index contributed by atoms with van der Waals surface area (Å²) in [6, 6.07) is 14.9. The molecule has 0 atom stereocenters. The van der Waals surface area contributed by atoms with E-state index in [0.717, 1.165) is 43.8 Å². The van der Waals surface area contributed by atoms with Gasteiger partial charge in [0.05, 0.1) is 14.2 Å². The lowest BCUT2D eigenvalue weighted by Gasteiger charge is -2.20. The molecule has 0 amide bonds. The number of terminal acetylenes is 4. The fourth-order valence-electron chi connectivity index (χ4n) is 4.18. The summed E-state index contributed by atoms with van der Waals surface area (Å²) >= 11 is 0. The Kier molecular flexibility index (Phi) is 5.24. The maximum atomic E-state index is 5.90. The van der Waals surface area contributed by atoms with Crippen molar-refractivity contribution in [2.24, 2.45) is 0 Å². The summed E-state index contributed by atoms with van der Waals surface area (Å²) in [4.78, 5) is 0. The van der Waals surface area contributed by atoms with Gasteiger partial charge in [-0.05, 0) is 59.3 Å². The lowest BCUT2D eigenvalue weighted by atomic mass is 9.86. The van der Waals surface area contributed by atoms with E-state index in [1.165, 1.54) is 0 Å². The quantitative estimate of drug-likeness (QED) is 0.409. The summed E-state index contributed by atoms with van der Waals surface area (Å²) in [5.74, 6) is 12.3. The number of hydrogen-bond donors (Lipinski definition) is 0. The Bertz CT molecular complexity index is 1450. The van der Waals surface area contributed by atoms with Crippen LogP contribution in [0.5, 0.6) is 11.5 Å². The Morgan fingerprint density at radius 1 is 0.500 bits per heavy atom. The number of fused-ring (bicyclic) bond motifs is 2. The third-order valence-electron chi connectivity index (χ3n) is 5.60. The molecule has 4 rings (SSSR count). The second-order valence-corrected chi connectivity index (χ2v) is 7.03. The van der Waals surface area contributed by atoms with Gasteiger partial charge in [0.2, 0.25) is 0 Å². The van der Waals surface area contributed by atoms with Crippen LogP contribution in [0.1, 0.15) is 22.3 Å². The summed E-state index contributed by atoms with van der Waals surface area (Å²) in [5, 5.41) is 3.27. The SMILES string of the molecule is C#Cc1ccc(C#C)c2c(-c3c(OC)ccc4c(C#C)ccc(C#C)c34)c(OC)ccc12. The first-order valence-corrected chi connectivity index (χ1v) is 9.77. The minimum atomic E-state index is 0.614. The fraction of sp³-hybridized carbons (Fsp3) is 0.0667. The lowest BCUT2D eigenvalue weighted by molar-refractivity contribution is 0.411. The normalized spacial score (nSPS) is 10.1. The van der Waals surface area contributed by atoms with Crippen molar-refractivity contribution in [2.75, 3.05) is 14.2 Å². The summed E-state index contributed by atoms with van der Waals surface area (Å²) in [6.45, 7) is 0. The van der Waals surface area contributed by atoms with Crippen LogP contribution in [0, 0.1) is 49.4 Å². The van der Waals surface area contributed by atoms with E-state index in [-0.39, 0.29) is 0 Å².